The number of morpholine rings is 1. The van der Waals surface area contributed by atoms with E-state index in [9.17, 15) is 8.42 Å². The van der Waals surface area contributed by atoms with Gasteiger partial charge in [-0.1, -0.05) is 0 Å². The Bertz CT molecular complexity index is 395. The highest BCUT2D eigenvalue weighted by molar-refractivity contribution is 7.86. The molecule has 0 aromatic carbocycles. The highest BCUT2D eigenvalue weighted by Crippen LogP contribution is 2.25. The maximum atomic E-state index is 11.5. The molecule has 1 unspecified atom stereocenters. The van der Waals surface area contributed by atoms with Gasteiger partial charge in [0.05, 0.1) is 19.3 Å². The SMILES string of the molecule is CC1=C(C)C(N2CCOCC2)CS(=O)(=O)O1. The van der Waals surface area contributed by atoms with Gasteiger partial charge in [0.25, 0.3) is 0 Å². The lowest BCUT2D eigenvalue weighted by atomic mass is 10.1. The lowest BCUT2D eigenvalue weighted by molar-refractivity contribution is 0.0256. The van der Waals surface area contributed by atoms with E-state index in [1.807, 2.05) is 6.92 Å². The zero-order valence-corrected chi connectivity index (χ0v) is 10.4. The van der Waals surface area contributed by atoms with Gasteiger partial charge in [0.15, 0.2) is 0 Å². The summed E-state index contributed by atoms with van der Waals surface area (Å²) in [7, 11) is -3.40. The number of rotatable bonds is 1. The molecule has 2 heterocycles. The van der Waals surface area contributed by atoms with Crippen LogP contribution in [0, 0.1) is 0 Å². The predicted molar refractivity (Wildman–Crippen MR) is 59.4 cm³/mol. The minimum absolute atomic E-state index is 0.0518. The first-order chi connectivity index (χ1) is 7.49. The van der Waals surface area contributed by atoms with Crippen LogP contribution in [-0.4, -0.2) is 51.4 Å². The van der Waals surface area contributed by atoms with Crippen molar-refractivity contribution >= 4 is 10.1 Å². The summed E-state index contributed by atoms with van der Waals surface area (Å²) >= 11 is 0. The van der Waals surface area contributed by atoms with Crippen molar-refractivity contribution in [1.82, 2.24) is 4.90 Å². The first-order valence-corrected chi connectivity index (χ1v) is 6.99. The van der Waals surface area contributed by atoms with E-state index >= 15 is 0 Å². The number of nitrogens with zero attached hydrogens (tertiary/aromatic N) is 1. The van der Waals surface area contributed by atoms with Crippen molar-refractivity contribution in [2.75, 3.05) is 32.1 Å². The second kappa shape index (κ2) is 4.35. The number of hydrogen-bond acceptors (Lipinski definition) is 5. The van der Waals surface area contributed by atoms with Gasteiger partial charge in [-0.25, -0.2) is 0 Å². The normalized spacial score (nSPS) is 31.2. The summed E-state index contributed by atoms with van der Waals surface area (Å²) in [6.45, 7) is 6.55. The lowest BCUT2D eigenvalue weighted by Crippen LogP contribution is -2.49. The molecular formula is C10H17NO4S. The van der Waals surface area contributed by atoms with E-state index in [4.69, 9.17) is 8.92 Å². The lowest BCUT2D eigenvalue weighted by Gasteiger charge is -2.37. The van der Waals surface area contributed by atoms with Gasteiger partial charge >= 0.3 is 10.1 Å². The number of ether oxygens (including phenoxy) is 1. The molecule has 6 heteroatoms. The van der Waals surface area contributed by atoms with Crippen molar-refractivity contribution in [3.63, 3.8) is 0 Å². The van der Waals surface area contributed by atoms with Crippen LogP contribution in [0.15, 0.2) is 11.3 Å². The molecular weight excluding hydrogens is 230 g/mol. The molecule has 16 heavy (non-hydrogen) atoms. The molecule has 2 aliphatic heterocycles. The van der Waals surface area contributed by atoms with Crippen LogP contribution in [0.25, 0.3) is 0 Å². The Balaban J connectivity index is 2.22. The van der Waals surface area contributed by atoms with Crippen molar-refractivity contribution in [3.05, 3.63) is 11.3 Å². The predicted octanol–water partition coefficient (Wildman–Crippen LogP) is 0.341. The molecule has 1 saturated heterocycles. The third kappa shape index (κ3) is 2.39. The van der Waals surface area contributed by atoms with Crippen molar-refractivity contribution < 1.29 is 17.3 Å². The molecule has 0 saturated carbocycles. The Hall–Kier alpha value is -0.590. The Morgan fingerprint density at radius 1 is 1.25 bits per heavy atom. The first-order valence-electron chi connectivity index (χ1n) is 5.41. The molecule has 0 radical (unpaired) electrons. The van der Waals surface area contributed by atoms with Gasteiger partial charge in [0.1, 0.15) is 11.5 Å². The van der Waals surface area contributed by atoms with Crippen LogP contribution in [0.3, 0.4) is 0 Å². The fourth-order valence-electron chi connectivity index (χ4n) is 2.11. The van der Waals surface area contributed by atoms with E-state index in [-0.39, 0.29) is 11.8 Å². The van der Waals surface area contributed by atoms with Crippen LogP contribution in [0.4, 0.5) is 0 Å². The monoisotopic (exact) mass is 247 g/mol. The van der Waals surface area contributed by atoms with E-state index in [2.05, 4.69) is 4.90 Å². The minimum atomic E-state index is -3.40. The first kappa shape index (κ1) is 11.9. The summed E-state index contributed by atoms with van der Waals surface area (Å²) in [5, 5.41) is 0. The molecule has 0 bridgehead atoms. The maximum Gasteiger partial charge on any atom is 0.310 e. The molecule has 2 rings (SSSR count). The van der Waals surface area contributed by atoms with Crippen LogP contribution in [0.1, 0.15) is 13.8 Å². The van der Waals surface area contributed by atoms with Crippen molar-refractivity contribution in [2.45, 2.75) is 19.9 Å². The highest BCUT2D eigenvalue weighted by atomic mass is 32.2. The van der Waals surface area contributed by atoms with Gasteiger partial charge in [-0.3, -0.25) is 4.90 Å². The van der Waals surface area contributed by atoms with E-state index < -0.39 is 10.1 Å². The van der Waals surface area contributed by atoms with Gasteiger partial charge in [0, 0.05) is 13.1 Å². The molecule has 1 atom stereocenters. The van der Waals surface area contributed by atoms with Crippen molar-refractivity contribution in [1.29, 1.82) is 0 Å². The molecule has 0 aliphatic carbocycles. The number of hydrogen-bond donors (Lipinski definition) is 0. The van der Waals surface area contributed by atoms with Crippen molar-refractivity contribution in [2.24, 2.45) is 0 Å². The van der Waals surface area contributed by atoms with Crippen molar-refractivity contribution in [3.8, 4) is 0 Å². The quantitative estimate of drug-likeness (QED) is 0.625. The average molecular weight is 247 g/mol. The Morgan fingerprint density at radius 3 is 2.50 bits per heavy atom. The largest absolute Gasteiger partial charge is 0.387 e. The zero-order chi connectivity index (χ0) is 11.8. The third-order valence-corrected chi connectivity index (χ3v) is 4.38. The zero-order valence-electron chi connectivity index (χ0n) is 9.60. The molecule has 92 valence electrons. The van der Waals surface area contributed by atoms with Crippen LogP contribution < -0.4 is 0 Å². The van der Waals surface area contributed by atoms with Gasteiger partial charge in [-0.15, -0.1) is 0 Å². The van der Waals surface area contributed by atoms with Crippen LogP contribution >= 0.6 is 0 Å². The number of allylic oxidation sites excluding steroid dienone is 1. The van der Waals surface area contributed by atoms with Gasteiger partial charge in [-0.05, 0) is 19.4 Å². The highest BCUT2D eigenvalue weighted by Gasteiger charge is 2.34. The molecule has 0 spiro atoms. The van der Waals surface area contributed by atoms with E-state index in [0.29, 0.717) is 19.0 Å². The molecule has 0 N–H and O–H groups in total. The molecule has 0 aromatic heterocycles. The molecule has 0 amide bonds. The summed E-state index contributed by atoms with van der Waals surface area (Å²) in [6.07, 6.45) is 0. The summed E-state index contributed by atoms with van der Waals surface area (Å²) in [5.74, 6) is 0.568. The summed E-state index contributed by atoms with van der Waals surface area (Å²) in [6, 6.07) is -0.0531. The van der Waals surface area contributed by atoms with Gasteiger partial charge < -0.3 is 8.92 Å². The van der Waals surface area contributed by atoms with Gasteiger partial charge in [0.2, 0.25) is 0 Å². The Morgan fingerprint density at radius 2 is 1.88 bits per heavy atom. The minimum Gasteiger partial charge on any atom is -0.387 e. The van der Waals surface area contributed by atoms with E-state index in [1.165, 1.54) is 0 Å². The van der Waals surface area contributed by atoms with Gasteiger partial charge in [-0.2, -0.15) is 8.42 Å². The Kier molecular flexibility index (Phi) is 3.23. The second-order valence-electron chi connectivity index (χ2n) is 4.21. The van der Waals surface area contributed by atoms with Crippen LogP contribution in [-0.2, 0) is 19.0 Å². The third-order valence-electron chi connectivity index (χ3n) is 3.16. The topological polar surface area (TPSA) is 55.8 Å². The summed E-state index contributed by atoms with van der Waals surface area (Å²) < 4.78 is 33.3. The molecule has 5 nitrogen and oxygen atoms in total. The fraction of sp³-hybridized carbons (Fsp3) is 0.800. The van der Waals surface area contributed by atoms with Crippen LogP contribution in [0.2, 0.25) is 0 Å². The van der Waals surface area contributed by atoms with E-state index in [0.717, 1.165) is 18.7 Å². The average Bonchev–Trinajstić information content (AvgIpc) is 2.24. The second-order valence-corrected chi connectivity index (χ2v) is 5.83. The van der Waals surface area contributed by atoms with E-state index in [1.54, 1.807) is 6.92 Å². The summed E-state index contributed by atoms with van der Waals surface area (Å²) in [5.41, 5.74) is 1.01. The smallest absolute Gasteiger partial charge is 0.310 e. The standard InChI is InChI=1S/C10H17NO4S/c1-8-9(2)15-16(12,13)7-10(8)11-3-5-14-6-4-11/h10H,3-7H2,1-2H3. The molecule has 0 aromatic rings. The summed E-state index contributed by atoms with van der Waals surface area (Å²) in [4.78, 5) is 2.16. The fourth-order valence-corrected chi connectivity index (χ4v) is 3.54. The molecule has 2 aliphatic rings. The Labute approximate surface area is 96.1 Å². The maximum absolute atomic E-state index is 11.5. The van der Waals surface area contributed by atoms with Crippen LogP contribution in [0.5, 0.6) is 0 Å². The molecule has 1 fully saturated rings.